The molecule has 0 aliphatic rings. The maximum atomic E-state index is 6.41. The van der Waals surface area contributed by atoms with E-state index in [9.17, 15) is 0 Å². The average Bonchev–Trinajstić information content (AvgIpc) is 2.70. The van der Waals surface area contributed by atoms with Gasteiger partial charge >= 0.3 is 0 Å². The molecule has 0 radical (unpaired) electrons. The van der Waals surface area contributed by atoms with E-state index in [0.717, 1.165) is 35.6 Å². The van der Waals surface area contributed by atoms with Crippen LogP contribution in [-0.4, -0.2) is 9.97 Å². The van der Waals surface area contributed by atoms with Crippen LogP contribution in [0.4, 0.5) is 5.82 Å². The average molecular weight is 402 g/mol. The largest absolute Gasteiger partial charge is 0.457 e. The number of anilines is 1. The third-order valence-corrected chi connectivity index (χ3v) is 4.90. The normalized spacial score (nSPS) is 11.9. The molecule has 27 heavy (non-hydrogen) atoms. The second kappa shape index (κ2) is 9.07. The van der Waals surface area contributed by atoms with Gasteiger partial charge in [-0.05, 0) is 54.8 Å². The van der Waals surface area contributed by atoms with E-state index >= 15 is 0 Å². The summed E-state index contributed by atoms with van der Waals surface area (Å²) in [6.45, 7) is 4.14. The summed E-state index contributed by atoms with van der Waals surface area (Å²) in [6, 6.07) is 15.4. The van der Waals surface area contributed by atoms with Gasteiger partial charge in [0.2, 0.25) is 0 Å². The first kappa shape index (κ1) is 19.5. The fourth-order valence-corrected chi connectivity index (χ4v) is 3.16. The highest BCUT2D eigenvalue weighted by atomic mass is 35.5. The van der Waals surface area contributed by atoms with E-state index in [-0.39, 0.29) is 6.04 Å². The van der Waals surface area contributed by atoms with Gasteiger partial charge in [-0.1, -0.05) is 49.2 Å². The first-order valence-electron chi connectivity index (χ1n) is 8.90. The van der Waals surface area contributed by atoms with Gasteiger partial charge in [0.25, 0.3) is 0 Å². The number of nitrogens with one attached hydrogen (secondary N) is 1. The molecule has 2 aromatic carbocycles. The SMILES string of the molecule is CCc1ncnc(NC(CC)c2ccc(Oc3ccc(Cl)cc3)cc2)c1Cl. The van der Waals surface area contributed by atoms with Crippen LogP contribution in [0.25, 0.3) is 0 Å². The molecule has 0 aliphatic carbocycles. The number of nitrogens with zero attached hydrogens (tertiary/aromatic N) is 2. The smallest absolute Gasteiger partial charge is 0.149 e. The van der Waals surface area contributed by atoms with Crippen molar-refractivity contribution in [2.45, 2.75) is 32.7 Å². The van der Waals surface area contributed by atoms with Gasteiger partial charge in [0.05, 0.1) is 11.7 Å². The van der Waals surface area contributed by atoms with Crippen molar-refractivity contribution < 1.29 is 4.74 Å². The minimum atomic E-state index is 0.0895. The van der Waals surface area contributed by atoms with Crippen molar-refractivity contribution in [1.29, 1.82) is 0 Å². The molecule has 140 valence electrons. The molecule has 6 heteroatoms. The lowest BCUT2D eigenvalue weighted by Crippen LogP contribution is -2.12. The highest BCUT2D eigenvalue weighted by Gasteiger charge is 2.14. The number of ether oxygens (including phenoxy) is 1. The van der Waals surface area contributed by atoms with Gasteiger partial charge in [-0.3, -0.25) is 0 Å². The molecule has 0 aliphatic heterocycles. The van der Waals surface area contributed by atoms with Gasteiger partial charge in [0.1, 0.15) is 28.7 Å². The molecule has 0 amide bonds. The first-order chi connectivity index (χ1) is 13.1. The predicted octanol–water partition coefficient (Wildman–Crippen LogP) is 6.70. The van der Waals surface area contributed by atoms with Crippen LogP contribution in [0, 0.1) is 0 Å². The monoisotopic (exact) mass is 401 g/mol. The Kier molecular flexibility index (Phi) is 6.54. The lowest BCUT2D eigenvalue weighted by atomic mass is 10.0. The molecule has 0 saturated carbocycles. The van der Waals surface area contributed by atoms with Crippen molar-refractivity contribution in [3.8, 4) is 11.5 Å². The Morgan fingerprint density at radius 2 is 1.56 bits per heavy atom. The molecule has 1 aromatic heterocycles. The topological polar surface area (TPSA) is 47.0 Å². The van der Waals surface area contributed by atoms with E-state index in [2.05, 4.69) is 22.2 Å². The number of hydrogen-bond acceptors (Lipinski definition) is 4. The van der Waals surface area contributed by atoms with Crippen LogP contribution in [0.5, 0.6) is 11.5 Å². The highest BCUT2D eigenvalue weighted by Crippen LogP contribution is 2.30. The summed E-state index contributed by atoms with van der Waals surface area (Å²) in [5.41, 5.74) is 1.98. The Balaban J connectivity index is 1.73. The highest BCUT2D eigenvalue weighted by molar-refractivity contribution is 6.33. The van der Waals surface area contributed by atoms with Crippen molar-refractivity contribution >= 4 is 29.0 Å². The summed E-state index contributed by atoms with van der Waals surface area (Å²) in [6.07, 6.45) is 3.20. The third-order valence-electron chi connectivity index (χ3n) is 4.25. The van der Waals surface area contributed by atoms with E-state index in [1.165, 1.54) is 0 Å². The number of benzene rings is 2. The Morgan fingerprint density at radius 1 is 0.926 bits per heavy atom. The van der Waals surface area contributed by atoms with Gasteiger partial charge in [0.15, 0.2) is 0 Å². The first-order valence-corrected chi connectivity index (χ1v) is 9.65. The Hall–Kier alpha value is -2.30. The minimum absolute atomic E-state index is 0.0895. The summed E-state index contributed by atoms with van der Waals surface area (Å²) in [7, 11) is 0. The van der Waals surface area contributed by atoms with E-state index < -0.39 is 0 Å². The quantitative estimate of drug-likeness (QED) is 0.478. The lowest BCUT2D eigenvalue weighted by molar-refractivity contribution is 0.482. The van der Waals surface area contributed by atoms with Crippen LogP contribution in [0.15, 0.2) is 54.9 Å². The molecular formula is C21H21Cl2N3O. The van der Waals surface area contributed by atoms with Crippen LogP contribution in [0.2, 0.25) is 10.0 Å². The maximum absolute atomic E-state index is 6.41. The zero-order valence-corrected chi connectivity index (χ0v) is 16.8. The minimum Gasteiger partial charge on any atom is -0.457 e. The number of rotatable bonds is 7. The molecule has 1 atom stereocenters. The van der Waals surface area contributed by atoms with Gasteiger partial charge in [-0.2, -0.15) is 0 Å². The molecule has 1 unspecified atom stereocenters. The summed E-state index contributed by atoms with van der Waals surface area (Å²) in [5, 5.41) is 4.69. The van der Waals surface area contributed by atoms with E-state index in [1.54, 1.807) is 18.5 Å². The molecule has 1 N–H and O–H groups in total. The molecule has 1 heterocycles. The van der Waals surface area contributed by atoms with Crippen LogP contribution < -0.4 is 10.1 Å². The third kappa shape index (κ3) is 4.90. The Morgan fingerprint density at radius 3 is 2.15 bits per heavy atom. The molecular weight excluding hydrogens is 381 g/mol. The van der Waals surface area contributed by atoms with Crippen LogP contribution >= 0.6 is 23.2 Å². The lowest BCUT2D eigenvalue weighted by Gasteiger charge is -2.19. The maximum Gasteiger partial charge on any atom is 0.149 e. The predicted molar refractivity (Wildman–Crippen MR) is 111 cm³/mol. The van der Waals surface area contributed by atoms with Gasteiger partial charge < -0.3 is 10.1 Å². The zero-order chi connectivity index (χ0) is 19.2. The number of aryl methyl sites for hydroxylation is 1. The molecule has 3 rings (SSSR count). The summed E-state index contributed by atoms with van der Waals surface area (Å²) in [4.78, 5) is 8.50. The Bertz CT molecular complexity index is 883. The summed E-state index contributed by atoms with van der Waals surface area (Å²) in [5.74, 6) is 2.18. The van der Waals surface area contributed by atoms with Crippen molar-refractivity contribution in [3.63, 3.8) is 0 Å². The van der Waals surface area contributed by atoms with Gasteiger partial charge in [-0.15, -0.1) is 0 Å². The van der Waals surface area contributed by atoms with Crippen LogP contribution in [0.1, 0.15) is 37.6 Å². The van der Waals surface area contributed by atoms with Crippen molar-refractivity contribution in [2.75, 3.05) is 5.32 Å². The molecule has 0 spiro atoms. The summed E-state index contributed by atoms with van der Waals surface area (Å²) < 4.78 is 5.85. The fourth-order valence-electron chi connectivity index (χ4n) is 2.75. The molecule has 3 aromatic rings. The zero-order valence-electron chi connectivity index (χ0n) is 15.2. The summed E-state index contributed by atoms with van der Waals surface area (Å²) >= 11 is 12.3. The Labute approximate surface area is 169 Å². The molecule has 0 bridgehead atoms. The van der Waals surface area contributed by atoms with Crippen molar-refractivity contribution in [1.82, 2.24) is 9.97 Å². The van der Waals surface area contributed by atoms with Crippen LogP contribution in [0.3, 0.4) is 0 Å². The van der Waals surface area contributed by atoms with Crippen LogP contribution in [-0.2, 0) is 6.42 Å². The molecule has 0 saturated heterocycles. The second-order valence-corrected chi connectivity index (χ2v) is 6.88. The number of halogens is 2. The molecule has 4 nitrogen and oxygen atoms in total. The fraction of sp³-hybridized carbons (Fsp3) is 0.238. The van der Waals surface area contributed by atoms with Crippen molar-refractivity contribution in [3.05, 3.63) is 76.2 Å². The standard InChI is InChI=1S/C21H21Cl2N3O/c1-3-18(26-21-20(23)19(4-2)24-13-25-21)14-5-9-16(10-6-14)27-17-11-7-15(22)8-12-17/h5-13,18H,3-4H2,1-2H3,(H,24,25,26). The van der Waals surface area contributed by atoms with E-state index in [4.69, 9.17) is 27.9 Å². The van der Waals surface area contributed by atoms with E-state index in [1.807, 2.05) is 43.3 Å². The number of hydrogen-bond donors (Lipinski definition) is 1. The van der Waals surface area contributed by atoms with Gasteiger partial charge in [-0.25, -0.2) is 9.97 Å². The van der Waals surface area contributed by atoms with Gasteiger partial charge in [0, 0.05) is 5.02 Å². The van der Waals surface area contributed by atoms with E-state index in [0.29, 0.717) is 15.9 Å². The second-order valence-electron chi connectivity index (χ2n) is 6.07. The number of aromatic nitrogens is 2. The van der Waals surface area contributed by atoms with Crippen molar-refractivity contribution in [2.24, 2.45) is 0 Å². The molecule has 0 fully saturated rings.